The van der Waals surface area contributed by atoms with Crippen molar-refractivity contribution in [1.82, 2.24) is 35.5 Å². The first-order valence-corrected chi connectivity index (χ1v) is 4.89. The molecular weight excluding hydrogens is 194 g/mol. The molecule has 1 atom stereocenters. The van der Waals surface area contributed by atoms with Crippen molar-refractivity contribution in [1.29, 1.82) is 0 Å². The summed E-state index contributed by atoms with van der Waals surface area (Å²) >= 11 is 0. The van der Waals surface area contributed by atoms with Gasteiger partial charge in [0.2, 0.25) is 0 Å². The summed E-state index contributed by atoms with van der Waals surface area (Å²) in [7, 11) is 0. The van der Waals surface area contributed by atoms with Crippen molar-refractivity contribution in [2.24, 2.45) is 0 Å². The van der Waals surface area contributed by atoms with E-state index in [1.54, 1.807) is 6.20 Å². The van der Waals surface area contributed by atoms with Gasteiger partial charge in [-0.15, -0.1) is 10.2 Å². The van der Waals surface area contributed by atoms with Gasteiger partial charge >= 0.3 is 0 Å². The van der Waals surface area contributed by atoms with E-state index in [9.17, 15) is 0 Å². The van der Waals surface area contributed by atoms with Gasteiger partial charge in [0.05, 0.1) is 12.2 Å². The van der Waals surface area contributed by atoms with Crippen molar-refractivity contribution in [2.45, 2.75) is 19.5 Å². The Kier molecular flexibility index (Phi) is 1.78. The largest absolute Gasteiger partial charge is 0.307 e. The first kappa shape index (κ1) is 8.54. The van der Waals surface area contributed by atoms with Crippen LogP contribution in [0.4, 0.5) is 0 Å². The van der Waals surface area contributed by atoms with Crippen molar-refractivity contribution in [2.75, 3.05) is 6.54 Å². The molecule has 0 aliphatic carbocycles. The molecule has 2 aromatic heterocycles. The summed E-state index contributed by atoms with van der Waals surface area (Å²) in [6.45, 7) is 3.87. The van der Waals surface area contributed by atoms with E-state index in [1.165, 1.54) is 0 Å². The molecule has 1 aliphatic rings. The number of H-pyrrole nitrogens is 1. The molecule has 7 nitrogen and oxygen atoms in total. The van der Waals surface area contributed by atoms with Crippen LogP contribution in [0, 0.1) is 0 Å². The monoisotopic (exact) mass is 205 g/mol. The minimum Gasteiger partial charge on any atom is -0.307 e. The Morgan fingerprint density at radius 1 is 1.47 bits per heavy atom. The zero-order chi connectivity index (χ0) is 10.3. The molecule has 1 aliphatic heterocycles. The van der Waals surface area contributed by atoms with E-state index in [-0.39, 0.29) is 6.04 Å². The van der Waals surface area contributed by atoms with Crippen LogP contribution in [0.1, 0.15) is 18.8 Å². The number of fused-ring (bicyclic) bond motifs is 1. The predicted molar refractivity (Wildman–Crippen MR) is 51.8 cm³/mol. The lowest BCUT2D eigenvalue weighted by atomic mass is 10.2. The van der Waals surface area contributed by atoms with Gasteiger partial charge < -0.3 is 9.88 Å². The molecular formula is C8H11N7. The molecule has 2 aromatic rings. The van der Waals surface area contributed by atoms with Crippen LogP contribution in [0.3, 0.4) is 0 Å². The van der Waals surface area contributed by atoms with Crippen LogP contribution in [0.5, 0.6) is 0 Å². The molecule has 0 spiro atoms. The van der Waals surface area contributed by atoms with Gasteiger partial charge in [-0.1, -0.05) is 0 Å². The summed E-state index contributed by atoms with van der Waals surface area (Å²) in [6, 6.07) is 0.243. The normalized spacial score (nSPS) is 20.2. The lowest BCUT2D eigenvalue weighted by Gasteiger charge is -2.21. The Balaban J connectivity index is 2.11. The second-order valence-corrected chi connectivity index (χ2v) is 3.56. The fourth-order valence-corrected chi connectivity index (χ4v) is 1.84. The van der Waals surface area contributed by atoms with E-state index >= 15 is 0 Å². The second-order valence-electron chi connectivity index (χ2n) is 3.56. The first-order chi connectivity index (χ1) is 7.36. The molecule has 0 amide bonds. The van der Waals surface area contributed by atoms with Gasteiger partial charge in [0.1, 0.15) is 11.5 Å². The fraction of sp³-hybridized carbons (Fsp3) is 0.500. The van der Waals surface area contributed by atoms with E-state index in [1.807, 2.05) is 0 Å². The minimum atomic E-state index is 0.243. The molecule has 1 unspecified atom stereocenters. The van der Waals surface area contributed by atoms with E-state index in [0.29, 0.717) is 0 Å². The van der Waals surface area contributed by atoms with Gasteiger partial charge in [-0.3, -0.25) is 0 Å². The van der Waals surface area contributed by atoms with Crippen LogP contribution >= 0.6 is 0 Å². The van der Waals surface area contributed by atoms with E-state index < -0.39 is 0 Å². The molecule has 2 N–H and O–H groups in total. The molecule has 0 aromatic carbocycles. The van der Waals surface area contributed by atoms with Crippen molar-refractivity contribution in [3.8, 4) is 11.5 Å². The molecule has 0 saturated heterocycles. The van der Waals surface area contributed by atoms with Crippen LogP contribution in [0.2, 0.25) is 0 Å². The highest BCUT2D eigenvalue weighted by molar-refractivity contribution is 5.47. The SMILES string of the molecule is CC1NCCn2c(-c3cn[nH]n3)nnc21. The average molecular weight is 205 g/mol. The van der Waals surface area contributed by atoms with Gasteiger partial charge in [-0.2, -0.15) is 15.4 Å². The molecule has 0 radical (unpaired) electrons. The standard InChI is InChI=1S/C8H11N7/c1-5-7-12-13-8(6-4-10-14-11-6)15(7)3-2-9-5/h4-5,9H,2-3H2,1H3,(H,10,11,14). The zero-order valence-electron chi connectivity index (χ0n) is 8.30. The third kappa shape index (κ3) is 1.23. The van der Waals surface area contributed by atoms with Crippen molar-refractivity contribution in [3.63, 3.8) is 0 Å². The number of hydrogen-bond acceptors (Lipinski definition) is 5. The van der Waals surface area contributed by atoms with Gasteiger partial charge in [0, 0.05) is 13.1 Å². The molecule has 3 rings (SSSR count). The predicted octanol–water partition coefficient (Wildman–Crippen LogP) is -0.273. The molecule has 0 saturated carbocycles. The smallest absolute Gasteiger partial charge is 0.186 e. The summed E-state index contributed by atoms with van der Waals surface area (Å²) in [6.07, 6.45) is 1.66. The van der Waals surface area contributed by atoms with Gasteiger partial charge in [-0.05, 0) is 6.92 Å². The highest BCUT2D eigenvalue weighted by Crippen LogP contribution is 2.20. The topological polar surface area (TPSA) is 84.3 Å². The number of rotatable bonds is 1. The summed E-state index contributed by atoms with van der Waals surface area (Å²) in [5, 5.41) is 22.0. The van der Waals surface area contributed by atoms with E-state index in [4.69, 9.17) is 0 Å². The molecule has 78 valence electrons. The maximum absolute atomic E-state index is 4.16. The minimum absolute atomic E-state index is 0.243. The Morgan fingerprint density at radius 2 is 2.40 bits per heavy atom. The first-order valence-electron chi connectivity index (χ1n) is 4.89. The number of hydrogen-bond donors (Lipinski definition) is 2. The summed E-state index contributed by atoms with van der Waals surface area (Å²) < 4.78 is 2.08. The maximum Gasteiger partial charge on any atom is 0.186 e. The Morgan fingerprint density at radius 3 is 3.20 bits per heavy atom. The summed E-state index contributed by atoms with van der Waals surface area (Å²) in [5.41, 5.74) is 0.739. The third-order valence-corrected chi connectivity index (χ3v) is 2.60. The summed E-state index contributed by atoms with van der Waals surface area (Å²) in [4.78, 5) is 0. The van der Waals surface area contributed by atoms with Crippen molar-refractivity contribution < 1.29 is 0 Å². The van der Waals surface area contributed by atoms with Crippen LogP contribution < -0.4 is 5.32 Å². The third-order valence-electron chi connectivity index (χ3n) is 2.60. The summed E-state index contributed by atoms with van der Waals surface area (Å²) in [5.74, 6) is 1.74. The average Bonchev–Trinajstić information content (AvgIpc) is 2.85. The lowest BCUT2D eigenvalue weighted by molar-refractivity contribution is 0.438. The molecule has 15 heavy (non-hydrogen) atoms. The van der Waals surface area contributed by atoms with Crippen LogP contribution in [0.15, 0.2) is 6.20 Å². The number of nitrogens with one attached hydrogen (secondary N) is 2. The number of nitrogens with zero attached hydrogens (tertiary/aromatic N) is 5. The quantitative estimate of drug-likeness (QED) is 0.669. The van der Waals surface area contributed by atoms with Gasteiger partial charge in [0.15, 0.2) is 5.82 Å². The van der Waals surface area contributed by atoms with E-state index in [0.717, 1.165) is 30.4 Å². The number of aromatic nitrogens is 6. The van der Waals surface area contributed by atoms with Gasteiger partial charge in [0.25, 0.3) is 0 Å². The fourth-order valence-electron chi connectivity index (χ4n) is 1.84. The highest BCUT2D eigenvalue weighted by Gasteiger charge is 2.22. The maximum atomic E-state index is 4.16. The highest BCUT2D eigenvalue weighted by atomic mass is 15.4. The van der Waals surface area contributed by atoms with Crippen LogP contribution in [0.25, 0.3) is 11.5 Å². The molecule has 0 fully saturated rings. The second kappa shape index (κ2) is 3.13. The van der Waals surface area contributed by atoms with Crippen LogP contribution in [-0.2, 0) is 6.54 Å². The lowest BCUT2D eigenvalue weighted by Crippen LogP contribution is -2.32. The van der Waals surface area contributed by atoms with Crippen LogP contribution in [-0.4, -0.2) is 36.7 Å². The molecule has 3 heterocycles. The zero-order valence-corrected chi connectivity index (χ0v) is 8.30. The Labute approximate surface area is 85.9 Å². The van der Waals surface area contributed by atoms with Gasteiger partial charge in [-0.25, -0.2) is 0 Å². The Bertz CT molecular complexity index is 457. The Hall–Kier alpha value is -1.76. The molecule has 7 heteroatoms. The van der Waals surface area contributed by atoms with E-state index in [2.05, 4.69) is 42.4 Å². The van der Waals surface area contributed by atoms with Crippen molar-refractivity contribution in [3.05, 3.63) is 12.0 Å². The van der Waals surface area contributed by atoms with Crippen molar-refractivity contribution >= 4 is 0 Å². The number of aromatic amines is 1. The molecule has 0 bridgehead atoms.